The molecule has 2 aromatic rings. The van der Waals surface area contributed by atoms with Crippen LogP contribution in [0.15, 0.2) is 36.5 Å². The van der Waals surface area contributed by atoms with Crippen molar-refractivity contribution in [3.05, 3.63) is 47.8 Å². The van der Waals surface area contributed by atoms with E-state index in [-0.39, 0.29) is 0 Å². The summed E-state index contributed by atoms with van der Waals surface area (Å²) in [5.41, 5.74) is 7.56. The Kier molecular flexibility index (Phi) is 2.72. The molecule has 0 unspecified atom stereocenters. The van der Waals surface area contributed by atoms with Gasteiger partial charge in [0, 0.05) is 0 Å². The van der Waals surface area contributed by atoms with Crippen molar-refractivity contribution in [2.75, 3.05) is 0 Å². The van der Waals surface area contributed by atoms with Crippen molar-refractivity contribution >= 4 is 5.91 Å². The van der Waals surface area contributed by atoms with E-state index < -0.39 is 5.91 Å². The predicted octanol–water partition coefficient (Wildman–Crippen LogP) is 1.53. The number of carbonyl (C=O) groups is 1. The second-order valence-corrected chi connectivity index (χ2v) is 3.47. The van der Waals surface area contributed by atoms with E-state index in [9.17, 15) is 4.79 Å². The number of primary amides is 1. The lowest BCUT2D eigenvalue weighted by Crippen LogP contribution is -2.13. The fraction of sp³-hybridized carbons (Fsp3) is 0.167. The van der Waals surface area contributed by atoms with Gasteiger partial charge in [-0.25, -0.2) is 4.68 Å². The number of carbonyl (C=O) groups excluding carboxylic acids is 1. The molecule has 1 aromatic heterocycles. The summed E-state index contributed by atoms with van der Waals surface area (Å²) < 4.78 is 1.75. The minimum Gasteiger partial charge on any atom is -0.365 e. The zero-order valence-electron chi connectivity index (χ0n) is 9.05. The number of nitrogens with two attached hydrogens (primary N) is 1. The highest BCUT2D eigenvalue weighted by atomic mass is 16.1. The second-order valence-electron chi connectivity index (χ2n) is 3.47. The van der Waals surface area contributed by atoms with E-state index >= 15 is 0 Å². The molecule has 4 heteroatoms. The number of amides is 1. The Morgan fingerprint density at radius 3 is 2.62 bits per heavy atom. The van der Waals surface area contributed by atoms with Gasteiger partial charge in [0.25, 0.3) is 5.91 Å². The van der Waals surface area contributed by atoms with E-state index in [2.05, 4.69) is 5.10 Å². The van der Waals surface area contributed by atoms with Crippen molar-refractivity contribution in [2.45, 2.75) is 13.3 Å². The van der Waals surface area contributed by atoms with Crippen LogP contribution in [-0.2, 0) is 6.42 Å². The Labute approximate surface area is 93.7 Å². The molecular formula is C12H13N3O. The molecule has 4 nitrogen and oxygen atoms in total. The number of para-hydroxylation sites is 1. The molecule has 0 saturated carbocycles. The minimum atomic E-state index is -0.431. The summed E-state index contributed by atoms with van der Waals surface area (Å²) in [7, 11) is 0. The molecule has 82 valence electrons. The van der Waals surface area contributed by atoms with Crippen LogP contribution in [0.2, 0.25) is 0 Å². The average Bonchev–Trinajstić information content (AvgIpc) is 2.73. The van der Waals surface area contributed by atoms with E-state index in [0.29, 0.717) is 12.0 Å². The van der Waals surface area contributed by atoms with Gasteiger partial charge in [0.15, 0.2) is 0 Å². The minimum absolute atomic E-state index is 0.431. The number of aromatic nitrogens is 2. The SMILES string of the molecule is CCc1c(C(N)=O)cnn1-c1ccccc1. The van der Waals surface area contributed by atoms with Crippen LogP contribution in [0.4, 0.5) is 0 Å². The summed E-state index contributed by atoms with van der Waals surface area (Å²) in [5.74, 6) is -0.431. The number of hydrogen-bond donors (Lipinski definition) is 1. The number of hydrogen-bond acceptors (Lipinski definition) is 2. The third-order valence-corrected chi connectivity index (χ3v) is 2.47. The number of nitrogens with zero attached hydrogens (tertiary/aromatic N) is 2. The monoisotopic (exact) mass is 215 g/mol. The highest BCUT2D eigenvalue weighted by Gasteiger charge is 2.13. The molecule has 2 N–H and O–H groups in total. The van der Waals surface area contributed by atoms with Crippen molar-refractivity contribution in [2.24, 2.45) is 5.73 Å². The third kappa shape index (κ3) is 1.69. The molecule has 16 heavy (non-hydrogen) atoms. The Hall–Kier alpha value is -2.10. The highest BCUT2D eigenvalue weighted by molar-refractivity contribution is 5.93. The molecule has 0 spiro atoms. The quantitative estimate of drug-likeness (QED) is 0.844. The first kappa shape index (κ1) is 10.4. The molecule has 0 aliphatic heterocycles. The summed E-state index contributed by atoms with van der Waals surface area (Å²) in [6.07, 6.45) is 2.24. The van der Waals surface area contributed by atoms with Gasteiger partial charge in [0.05, 0.1) is 23.1 Å². The summed E-state index contributed by atoms with van der Waals surface area (Å²) in [5, 5.41) is 4.19. The first-order valence-corrected chi connectivity index (χ1v) is 5.16. The van der Waals surface area contributed by atoms with E-state index in [4.69, 9.17) is 5.73 Å². The van der Waals surface area contributed by atoms with Gasteiger partial charge in [-0.3, -0.25) is 4.79 Å². The molecular weight excluding hydrogens is 202 g/mol. The van der Waals surface area contributed by atoms with E-state index in [1.807, 2.05) is 37.3 Å². The van der Waals surface area contributed by atoms with Gasteiger partial charge >= 0.3 is 0 Å². The number of rotatable bonds is 3. The first-order chi connectivity index (χ1) is 7.74. The van der Waals surface area contributed by atoms with Crippen LogP contribution in [0, 0.1) is 0 Å². The Morgan fingerprint density at radius 1 is 1.38 bits per heavy atom. The van der Waals surface area contributed by atoms with Gasteiger partial charge in [-0.05, 0) is 18.6 Å². The summed E-state index contributed by atoms with van der Waals surface area (Å²) >= 11 is 0. The van der Waals surface area contributed by atoms with Crippen LogP contribution in [0.25, 0.3) is 5.69 Å². The van der Waals surface area contributed by atoms with E-state index in [1.165, 1.54) is 6.20 Å². The van der Waals surface area contributed by atoms with Gasteiger partial charge in [0.1, 0.15) is 0 Å². The van der Waals surface area contributed by atoms with E-state index in [0.717, 1.165) is 11.4 Å². The summed E-state index contributed by atoms with van der Waals surface area (Å²) in [6.45, 7) is 1.98. The normalized spacial score (nSPS) is 10.3. The predicted molar refractivity (Wildman–Crippen MR) is 61.5 cm³/mol. The standard InChI is InChI=1S/C12H13N3O/c1-2-11-10(12(13)16)8-14-15(11)9-6-4-3-5-7-9/h3-8H,2H2,1H3,(H2,13,16). The zero-order valence-corrected chi connectivity index (χ0v) is 9.05. The van der Waals surface area contributed by atoms with Gasteiger partial charge in [-0.15, -0.1) is 0 Å². The Balaban J connectivity index is 2.54. The number of benzene rings is 1. The maximum Gasteiger partial charge on any atom is 0.252 e. The molecule has 2 rings (SSSR count). The van der Waals surface area contributed by atoms with E-state index in [1.54, 1.807) is 4.68 Å². The van der Waals surface area contributed by atoms with Gasteiger partial charge < -0.3 is 5.73 Å². The topological polar surface area (TPSA) is 60.9 Å². The second kappa shape index (κ2) is 4.18. The maximum atomic E-state index is 11.2. The lowest BCUT2D eigenvalue weighted by molar-refractivity contribution is 0.0999. The van der Waals surface area contributed by atoms with Crippen LogP contribution in [0.1, 0.15) is 23.0 Å². The van der Waals surface area contributed by atoms with Crippen molar-refractivity contribution in [3.8, 4) is 5.69 Å². The lowest BCUT2D eigenvalue weighted by Gasteiger charge is -2.06. The van der Waals surface area contributed by atoms with Gasteiger partial charge in [-0.2, -0.15) is 5.10 Å². The summed E-state index contributed by atoms with van der Waals surface area (Å²) in [4.78, 5) is 11.2. The fourth-order valence-electron chi connectivity index (χ4n) is 1.71. The van der Waals surface area contributed by atoms with Crippen LogP contribution < -0.4 is 5.73 Å². The molecule has 0 saturated heterocycles. The molecule has 0 atom stereocenters. The molecule has 0 radical (unpaired) electrons. The molecule has 0 aliphatic carbocycles. The highest BCUT2D eigenvalue weighted by Crippen LogP contribution is 2.14. The maximum absolute atomic E-state index is 11.2. The molecule has 1 amide bonds. The van der Waals surface area contributed by atoms with Crippen LogP contribution in [0.5, 0.6) is 0 Å². The fourth-order valence-corrected chi connectivity index (χ4v) is 1.71. The smallest absolute Gasteiger partial charge is 0.252 e. The third-order valence-electron chi connectivity index (χ3n) is 2.47. The Bertz CT molecular complexity index is 502. The van der Waals surface area contributed by atoms with Crippen molar-refractivity contribution < 1.29 is 4.79 Å². The lowest BCUT2D eigenvalue weighted by atomic mass is 10.2. The van der Waals surface area contributed by atoms with Gasteiger partial charge in [0.2, 0.25) is 0 Å². The zero-order chi connectivity index (χ0) is 11.5. The molecule has 0 bridgehead atoms. The van der Waals surface area contributed by atoms with Crippen LogP contribution >= 0.6 is 0 Å². The first-order valence-electron chi connectivity index (χ1n) is 5.16. The molecule has 1 aromatic carbocycles. The molecule has 0 aliphatic rings. The molecule has 0 fully saturated rings. The van der Waals surface area contributed by atoms with Crippen LogP contribution in [-0.4, -0.2) is 15.7 Å². The van der Waals surface area contributed by atoms with Crippen molar-refractivity contribution in [3.63, 3.8) is 0 Å². The average molecular weight is 215 g/mol. The molecule has 1 heterocycles. The summed E-state index contributed by atoms with van der Waals surface area (Å²) in [6, 6.07) is 9.68. The van der Waals surface area contributed by atoms with Gasteiger partial charge in [-0.1, -0.05) is 25.1 Å². The largest absolute Gasteiger partial charge is 0.365 e. The van der Waals surface area contributed by atoms with Crippen molar-refractivity contribution in [1.82, 2.24) is 9.78 Å². The van der Waals surface area contributed by atoms with Crippen LogP contribution in [0.3, 0.4) is 0 Å². The Morgan fingerprint density at radius 2 is 2.06 bits per heavy atom. The van der Waals surface area contributed by atoms with Crippen molar-refractivity contribution in [1.29, 1.82) is 0 Å².